The third-order valence-electron chi connectivity index (χ3n) is 2.70. The summed E-state index contributed by atoms with van der Waals surface area (Å²) in [6.45, 7) is 2.15. The van der Waals surface area contributed by atoms with E-state index in [1.807, 2.05) is 18.2 Å². The summed E-state index contributed by atoms with van der Waals surface area (Å²) < 4.78 is 4.51. The molecule has 1 amide bonds. The first kappa shape index (κ1) is 21.0. The molecular formula is C16H19N3O6S. The van der Waals surface area contributed by atoms with Crippen molar-refractivity contribution >= 4 is 46.8 Å². The van der Waals surface area contributed by atoms with E-state index in [-0.39, 0.29) is 0 Å². The number of carbonyl (C=O) groups is 3. The van der Waals surface area contributed by atoms with Crippen LogP contribution in [0.15, 0.2) is 35.2 Å². The van der Waals surface area contributed by atoms with Crippen molar-refractivity contribution < 1.29 is 29.3 Å². The lowest BCUT2D eigenvalue weighted by Gasteiger charge is -1.98. The zero-order valence-corrected chi connectivity index (χ0v) is 15.0. The molecule has 0 spiro atoms. The van der Waals surface area contributed by atoms with Crippen molar-refractivity contribution in [3.8, 4) is 0 Å². The standard InChI is InChI=1S/C12H15N3O2S.C4H4O4/c1-3-6-18-8-4-5-9-10(7-8)14-11(13-9)15-12(16)17-2;5-3(6)1-2-4(7)8/h4-5,7H,3,6H2,1-2H3,(H2,13,14,15,16);1-2H,(H,5,6)(H,7,8)/b;2-1-. The Morgan fingerprint density at radius 1 is 1.27 bits per heavy atom. The minimum absolute atomic E-state index is 0.398. The fourth-order valence-corrected chi connectivity index (χ4v) is 2.45. The SMILES string of the molecule is CCCSc1ccc2nc(NC(=O)OC)[nH]c2c1.O=C(O)/C=C\C(=O)O. The molecule has 140 valence electrons. The largest absolute Gasteiger partial charge is 0.478 e. The quantitative estimate of drug-likeness (QED) is 0.442. The number of hydrogen-bond donors (Lipinski definition) is 4. The van der Waals surface area contributed by atoms with Gasteiger partial charge in [0, 0.05) is 17.0 Å². The molecule has 0 bridgehead atoms. The Balaban J connectivity index is 0.000000359. The number of anilines is 1. The molecule has 0 radical (unpaired) electrons. The molecule has 9 nitrogen and oxygen atoms in total. The number of aromatic amines is 1. The highest BCUT2D eigenvalue weighted by molar-refractivity contribution is 7.99. The number of thioether (sulfide) groups is 1. The number of aromatic nitrogens is 2. The Kier molecular flexibility index (Phi) is 8.71. The van der Waals surface area contributed by atoms with Crippen molar-refractivity contribution in [3.63, 3.8) is 0 Å². The van der Waals surface area contributed by atoms with Crippen LogP contribution >= 0.6 is 11.8 Å². The first-order chi connectivity index (χ1) is 12.3. The van der Waals surface area contributed by atoms with E-state index in [1.165, 1.54) is 12.0 Å². The summed E-state index contributed by atoms with van der Waals surface area (Å²) in [5.74, 6) is -1.03. The molecule has 2 rings (SSSR count). The summed E-state index contributed by atoms with van der Waals surface area (Å²) in [6, 6.07) is 6.00. The second kappa shape index (κ2) is 10.8. The number of rotatable bonds is 6. The van der Waals surface area contributed by atoms with Crippen molar-refractivity contribution in [2.75, 3.05) is 18.2 Å². The summed E-state index contributed by atoms with van der Waals surface area (Å²) in [7, 11) is 1.32. The normalized spacial score (nSPS) is 10.2. The number of methoxy groups -OCH3 is 1. The maximum absolute atomic E-state index is 11.1. The lowest BCUT2D eigenvalue weighted by Crippen LogP contribution is -2.11. The minimum Gasteiger partial charge on any atom is -0.478 e. The van der Waals surface area contributed by atoms with Crippen LogP contribution in [0.1, 0.15) is 13.3 Å². The number of hydrogen-bond acceptors (Lipinski definition) is 6. The van der Waals surface area contributed by atoms with Crippen LogP contribution in [0.5, 0.6) is 0 Å². The van der Waals surface area contributed by atoms with Gasteiger partial charge in [0.05, 0.1) is 18.1 Å². The second-order valence-electron chi connectivity index (χ2n) is 4.74. The van der Waals surface area contributed by atoms with Crippen molar-refractivity contribution in [1.29, 1.82) is 0 Å². The molecule has 0 aliphatic rings. The third kappa shape index (κ3) is 7.71. The number of ether oxygens (including phenoxy) is 1. The lowest BCUT2D eigenvalue weighted by molar-refractivity contribution is -0.134. The molecule has 1 aromatic heterocycles. The first-order valence-electron chi connectivity index (χ1n) is 7.47. The van der Waals surface area contributed by atoms with Gasteiger partial charge in [0.25, 0.3) is 0 Å². The fourth-order valence-electron chi connectivity index (χ4n) is 1.65. The van der Waals surface area contributed by atoms with E-state index in [4.69, 9.17) is 10.2 Å². The number of amides is 1. The number of carbonyl (C=O) groups excluding carboxylic acids is 1. The van der Waals surface area contributed by atoms with Gasteiger partial charge < -0.3 is 19.9 Å². The van der Waals surface area contributed by atoms with Crippen molar-refractivity contribution in [1.82, 2.24) is 9.97 Å². The predicted octanol–water partition coefficient (Wildman–Crippen LogP) is 2.96. The van der Waals surface area contributed by atoms with Gasteiger partial charge in [0.1, 0.15) is 0 Å². The van der Waals surface area contributed by atoms with Gasteiger partial charge >= 0.3 is 18.0 Å². The molecule has 0 saturated heterocycles. The summed E-state index contributed by atoms with van der Waals surface area (Å²) in [6.07, 6.45) is 1.72. The molecule has 26 heavy (non-hydrogen) atoms. The molecule has 0 saturated carbocycles. The minimum atomic E-state index is -1.26. The molecule has 0 unspecified atom stereocenters. The van der Waals surface area contributed by atoms with E-state index >= 15 is 0 Å². The number of fused-ring (bicyclic) bond motifs is 1. The number of aliphatic carboxylic acids is 2. The van der Waals surface area contributed by atoms with Crippen LogP contribution < -0.4 is 5.32 Å². The molecule has 0 aliphatic carbocycles. The van der Waals surface area contributed by atoms with Crippen molar-refractivity contribution in [2.24, 2.45) is 0 Å². The molecular weight excluding hydrogens is 362 g/mol. The Hall–Kier alpha value is -3.01. The summed E-state index contributed by atoms with van der Waals surface area (Å²) in [4.78, 5) is 38.7. The van der Waals surface area contributed by atoms with Gasteiger partial charge in [0.15, 0.2) is 0 Å². The van der Waals surface area contributed by atoms with Gasteiger partial charge in [-0.15, -0.1) is 11.8 Å². The number of carboxylic acid groups (broad SMARTS) is 2. The van der Waals surface area contributed by atoms with Gasteiger partial charge in [0.2, 0.25) is 5.95 Å². The predicted molar refractivity (Wildman–Crippen MR) is 97.5 cm³/mol. The zero-order chi connectivity index (χ0) is 19.5. The van der Waals surface area contributed by atoms with Crippen LogP contribution in [-0.4, -0.2) is 51.1 Å². The van der Waals surface area contributed by atoms with E-state index in [2.05, 4.69) is 26.9 Å². The van der Waals surface area contributed by atoms with Crippen LogP contribution in [0.2, 0.25) is 0 Å². The molecule has 1 heterocycles. The average Bonchev–Trinajstić information content (AvgIpc) is 2.99. The highest BCUT2D eigenvalue weighted by Crippen LogP contribution is 2.23. The summed E-state index contributed by atoms with van der Waals surface area (Å²) in [5, 5.41) is 18.1. The Labute approximate surface area is 153 Å². The van der Waals surface area contributed by atoms with E-state index < -0.39 is 18.0 Å². The van der Waals surface area contributed by atoms with Crippen molar-refractivity contribution in [2.45, 2.75) is 18.2 Å². The van der Waals surface area contributed by atoms with Gasteiger partial charge in [-0.3, -0.25) is 5.32 Å². The van der Waals surface area contributed by atoms with E-state index in [1.54, 1.807) is 11.8 Å². The van der Waals surface area contributed by atoms with Crippen LogP contribution in [-0.2, 0) is 14.3 Å². The number of nitrogens with one attached hydrogen (secondary N) is 2. The molecule has 0 fully saturated rings. The highest BCUT2D eigenvalue weighted by atomic mass is 32.2. The topological polar surface area (TPSA) is 142 Å². The molecule has 10 heteroatoms. The molecule has 4 N–H and O–H groups in total. The van der Waals surface area contributed by atoms with Gasteiger partial charge in [-0.05, 0) is 30.4 Å². The first-order valence-corrected chi connectivity index (χ1v) is 8.45. The number of nitrogens with zero attached hydrogens (tertiary/aromatic N) is 1. The summed E-state index contributed by atoms with van der Waals surface area (Å²) >= 11 is 1.80. The van der Waals surface area contributed by atoms with Gasteiger partial charge in [-0.1, -0.05) is 6.92 Å². The second-order valence-corrected chi connectivity index (χ2v) is 5.91. The number of benzene rings is 1. The van der Waals surface area contributed by atoms with Crippen LogP contribution in [0.3, 0.4) is 0 Å². The zero-order valence-electron chi connectivity index (χ0n) is 14.2. The third-order valence-corrected chi connectivity index (χ3v) is 3.90. The molecule has 2 aromatic rings. The Morgan fingerprint density at radius 3 is 2.46 bits per heavy atom. The number of carboxylic acids is 2. The van der Waals surface area contributed by atoms with Gasteiger partial charge in [-0.25, -0.2) is 19.4 Å². The molecule has 0 atom stereocenters. The fraction of sp³-hybridized carbons (Fsp3) is 0.250. The monoisotopic (exact) mass is 381 g/mol. The maximum atomic E-state index is 11.1. The van der Waals surface area contributed by atoms with Crippen LogP contribution in [0.25, 0.3) is 11.0 Å². The number of imidazole rings is 1. The van der Waals surface area contributed by atoms with Crippen LogP contribution in [0, 0.1) is 0 Å². The Bertz CT molecular complexity index is 786. The lowest BCUT2D eigenvalue weighted by atomic mass is 10.3. The van der Waals surface area contributed by atoms with E-state index in [0.717, 1.165) is 23.2 Å². The summed E-state index contributed by atoms with van der Waals surface area (Å²) in [5.41, 5.74) is 1.73. The Morgan fingerprint density at radius 2 is 1.92 bits per heavy atom. The van der Waals surface area contributed by atoms with E-state index in [9.17, 15) is 14.4 Å². The molecule has 1 aromatic carbocycles. The molecule has 0 aliphatic heterocycles. The number of H-pyrrole nitrogens is 1. The average molecular weight is 381 g/mol. The maximum Gasteiger partial charge on any atom is 0.413 e. The van der Waals surface area contributed by atoms with Crippen LogP contribution in [0.4, 0.5) is 10.7 Å². The smallest absolute Gasteiger partial charge is 0.413 e. The highest BCUT2D eigenvalue weighted by Gasteiger charge is 2.07. The van der Waals surface area contributed by atoms with E-state index in [0.29, 0.717) is 18.1 Å². The van der Waals surface area contributed by atoms with Gasteiger partial charge in [-0.2, -0.15) is 0 Å². The van der Waals surface area contributed by atoms with Crippen molar-refractivity contribution in [3.05, 3.63) is 30.4 Å².